The average Bonchev–Trinajstić information content (AvgIpc) is 3.16. The molecule has 2 aromatic carbocycles. The lowest BCUT2D eigenvalue weighted by atomic mass is 10.2. The highest BCUT2D eigenvalue weighted by Gasteiger charge is 2.12. The molecule has 0 radical (unpaired) electrons. The Morgan fingerprint density at radius 1 is 1.08 bits per heavy atom. The van der Waals surface area contributed by atoms with Crippen LogP contribution in [0.3, 0.4) is 0 Å². The van der Waals surface area contributed by atoms with E-state index in [1.54, 1.807) is 35.2 Å². The molecular formula is C20H17N3O3. The highest BCUT2D eigenvalue weighted by molar-refractivity contribution is 6.02. The Morgan fingerprint density at radius 3 is 2.73 bits per heavy atom. The Kier molecular flexibility index (Phi) is 4.38. The standard InChI is InChI=1S/C20H17N3O3/c24-20(22-16-7-8-18-19(12-16)26-11-10-25-18)9-6-15-13-21-23(14-15)17-4-2-1-3-5-17/h1-9,12-14H,10-11H2,(H,22,24)/b9-6+. The van der Waals surface area contributed by atoms with Crippen molar-refractivity contribution >= 4 is 17.7 Å². The maximum Gasteiger partial charge on any atom is 0.248 e. The molecule has 26 heavy (non-hydrogen) atoms. The predicted molar refractivity (Wildman–Crippen MR) is 98.7 cm³/mol. The van der Waals surface area contributed by atoms with Crippen LogP contribution in [0.25, 0.3) is 11.8 Å². The monoisotopic (exact) mass is 347 g/mol. The molecule has 0 aliphatic carbocycles. The zero-order valence-electron chi connectivity index (χ0n) is 14.0. The minimum atomic E-state index is -0.228. The summed E-state index contributed by atoms with van der Waals surface area (Å²) in [5.41, 5.74) is 2.46. The fraction of sp³-hybridized carbons (Fsp3) is 0.100. The molecule has 1 aromatic heterocycles. The van der Waals surface area contributed by atoms with Crippen molar-refractivity contribution in [1.82, 2.24) is 9.78 Å². The number of amides is 1. The molecule has 0 atom stereocenters. The van der Waals surface area contributed by atoms with Gasteiger partial charge in [0, 0.05) is 29.6 Å². The van der Waals surface area contributed by atoms with Gasteiger partial charge in [-0.25, -0.2) is 4.68 Å². The number of rotatable bonds is 4. The number of fused-ring (bicyclic) bond motifs is 1. The molecule has 4 rings (SSSR count). The summed E-state index contributed by atoms with van der Waals surface area (Å²) in [5, 5.41) is 7.11. The third kappa shape index (κ3) is 3.59. The molecular weight excluding hydrogens is 330 g/mol. The Labute approximate surface area is 150 Å². The highest BCUT2D eigenvalue weighted by Crippen LogP contribution is 2.32. The van der Waals surface area contributed by atoms with E-state index in [1.807, 2.05) is 36.5 Å². The van der Waals surface area contributed by atoms with Gasteiger partial charge in [-0.3, -0.25) is 4.79 Å². The van der Waals surface area contributed by atoms with E-state index in [4.69, 9.17) is 9.47 Å². The normalized spacial score (nSPS) is 12.9. The van der Waals surface area contributed by atoms with Gasteiger partial charge in [0.25, 0.3) is 0 Å². The Balaban J connectivity index is 1.41. The predicted octanol–water partition coefficient (Wildman–Crippen LogP) is 3.30. The van der Waals surface area contributed by atoms with Crippen LogP contribution in [-0.4, -0.2) is 28.9 Å². The average molecular weight is 347 g/mol. The first-order valence-corrected chi connectivity index (χ1v) is 8.27. The van der Waals surface area contributed by atoms with Gasteiger partial charge >= 0.3 is 0 Å². The van der Waals surface area contributed by atoms with Crippen molar-refractivity contribution in [1.29, 1.82) is 0 Å². The number of hydrogen-bond acceptors (Lipinski definition) is 4. The molecule has 3 aromatic rings. The molecule has 6 heteroatoms. The number of nitrogens with one attached hydrogen (secondary N) is 1. The quantitative estimate of drug-likeness (QED) is 0.736. The summed E-state index contributed by atoms with van der Waals surface area (Å²) in [4.78, 5) is 12.1. The SMILES string of the molecule is O=C(/C=C/c1cnn(-c2ccccc2)c1)Nc1ccc2c(c1)OCCO2. The van der Waals surface area contributed by atoms with Crippen LogP contribution in [0.4, 0.5) is 5.69 Å². The molecule has 0 saturated heterocycles. The number of para-hydroxylation sites is 1. The van der Waals surface area contributed by atoms with Crippen molar-refractivity contribution < 1.29 is 14.3 Å². The number of ether oxygens (including phenoxy) is 2. The largest absolute Gasteiger partial charge is 0.486 e. The zero-order valence-corrected chi connectivity index (χ0v) is 14.0. The topological polar surface area (TPSA) is 65.4 Å². The van der Waals surface area contributed by atoms with Crippen molar-refractivity contribution in [3.8, 4) is 17.2 Å². The van der Waals surface area contributed by atoms with Crippen LogP contribution in [-0.2, 0) is 4.79 Å². The minimum Gasteiger partial charge on any atom is -0.486 e. The van der Waals surface area contributed by atoms with Crippen molar-refractivity contribution in [2.24, 2.45) is 0 Å². The molecule has 6 nitrogen and oxygen atoms in total. The Hall–Kier alpha value is -3.54. The van der Waals surface area contributed by atoms with Crippen molar-refractivity contribution in [2.45, 2.75) is 0 Å². The van der Waals surface area contributed by atoms with Gasteiger partial charge in [0.1, 0.15) is 13.2 Å². The molecule has 1 aliphatic heterocycles. The summed E-state index contributed by atoms with van der Waals surface area (Å²) in [7, 11) is 0. The maximum atomic E-state index is 12.1. The van der Waals surface area contributed by atoms with E-state index in [-0.39, 0.29) is 5.91 Å². The third-order valence-corrected chi connectivity index (χ3v) is 3.86. The first-order valence-electron chi connectivity index (χ1n) is 8.27. The molecule has 0 bridgehead atoms. The Morgan fingerprint density at radius 2 is 1.88 bits per heavy atom. The van der Waals surface area contributed by atoms with Gasteiger partial charge in [-0.1, -0.05) is 18.2 Å². The van der Waals surface area contributed by atoms with Crippen LogP contribution in [0.1, 0.15) is 5.56 Å². The van der Waals surface area contributed by atoms with Crippen LogP contribution in [0.15, 0.2) is 67.0 Å². The van der Waals surface area contributed by atoms with E-state index in [2.05, 4.69) is 10.4 Å². The van der Waals surface area contributed by atoms with Gasteiger partial charge in [-0.05, 0) is 30.3 Å². The second-order valence-electron chi connectivity index (χ2n) is 5.73. The first-order chi connectivity index (χ1) is 12.8. The van der Waals surface area contributed by atoms with E-state index in [1.165, 1.54) is 6.08 Å². The summed E-state index contributed by atoms with van der Waals surface area (Å²) in [6.07, 6.45) is 6.77. The van der Waals surface area contributed by atoms with Gasteiger partial charge in [-0.15, -0.1) is 0 Å². The number of carbonyl (C=O) groups is 1. The van der Waals surface area contributed by atoms with Crippen LogP contribution in [0.5, 0.6) is 11.5 Å². The second-order valence-corrected chi connectivity index (χ2v) is 5.73. The number of carbonyl (C=O) groups excluding carboxylic acids is 1. The molecule has 1 N–H and O–H groups in total. The molecule has 0 saturated carbocycles. The highest BCUT2D eigenvalue weighted by atomic mass is 16.6. The number of benzene rings is 2. The first kappa shape index (κ1) is 16.0. The third-order valence-electron chi connectivity index (χ3n) is 3.86. The van der Waals surface area contributed by atoms with E-state index in [9.17, 15) is 4.79 Å². The van der Waals surface area contributed by atoms with Gasteiger partial charge in [0.15, 0.2) is 11.5 Å². The van der Waals surface area contributed by atoms with E-state index in [0.717, 1.165) is 11.3 Å². The van der Waals surface area contributed by atoms with Crippen molar-refractivity contribution in [3.05, 3.63) is 72.6 Å². The fourth-order valence-corrected chi connectivity index (χ4v) is 2.62. The van der Waals surface area contributed by atoms with Crippen LogP contribution in [0, 0.1) is 0 Å². The molecule has 1 amide bonds. The molecule has 130 valence electrons. The lowest BCUT2D eigenvalue weighted by Crippen LogP contribution is -2.16. The number of aromatic nitrogens is 2. The van der Waals surface area contributed by atoms with Crippen LogP contribution < -0.4 is 14.8 Å². The second kappa shape index (κ2) is 7.14. The van der Waals surface area contributed by atoms with E-state index >= 15 is 0 Å². The lowest BCUT2D eigenvalue weighted by Gasteiger charge is -2.18. The molecule has 0 spiro atoms. The number of anilines is 1. The van der Waals surface area contributed by atoms with Crippen LogP contribution in [0.2, 0.25) is 0 Å². The zero-order chi connectivity index (χ0) is 17.8. The van der Waals surface area contributed by atoms with Gasteiger partial charge in [-0.2, -0.15) is 5.10 Å². The van der Waals surface area contributed by atoms with E-state index < -0.39 is 0 Å². The minimum absolute atomic E-state index is 0.228. The van der Waals surface area contributed by atoms with Crippen molar-refractivity contribution in [3.63, 3.8) is 0 Å². The van der Waals surface area contributed by atoms with Crippen LogP contribution >= 0.6 is 0 Å². The summed E-state index contributed by atoms with van der Waals surface area (Å²) in [6, 6.07) is 15.1. The number of nitrogens with zero attached hydrogens (tertiary/aromatic N) is 2. The summed E-state index contributed by atoms with van der Waals surface area (Å²) >= 11 is 0. The number of hydrogen-bond donors (Lipinski definition) is 1. The summed E-state index contributed by atoms with van der Waals surface area (Å²) < 4.78 is 12.7. The summed E-state index contributed by atoms with van der Waals surface area (Å²) in [6.45, 7) is 1.05. The van der Waals surface area contributed by atoms with Gasteiger partial charge in [0.05, 0.1) is 11.9 Å². The van der Waals surface area contributed by atoms with Gasteiger partial charge in [0.2, 0.25) is 5.91 Å². The molecule has 0 unspecified atom stereocenters. The molecule has 0 fully saturated rings. The summed E-state index contributed by atoms with van der Waals surface area (Å²) in [5.74, 6) is 1.11. The van der Waals surface area contributed by atoms with Gasteiger partial charge < -0.3 is 14.8 Å². The van der Waals surface area contributed by atoms with Crippen molar-refractivity contribution in [2.75, 3.05) is 18.5 Å². The molecule has 2 heterocycles. The Bertz CT molecular complexity index is 948. The maximum absolute atomic E-state index is 12.1. The smallest absolute Gasteiger partial charge is 0.248 e. The molecule has 1 aliphatic rings. The lowest BCUT2D eigenvalue weighted by molar-refractivity contribution is -0.111. The fourth-order valence-electron chi connectivity index (χ4n) is 2.62. The van der Waals surface area contributed by atoms with E-state index in [0.29, 0.717) is 30.4 Å².